The van der Waals surface area contributed by atoms with E-state index in [1.165, 1.54) is 29.9 Å². The minimum absolute atomic E-state index is 0.0312. The molecule has 10 heteroatoms. The van der Waals surface area contributed by atoms with Crippen LogP contribution in [0.3, 0.4) is 0 Å². The summed E-state index contributed by atoms with van der Waals surface area (Å²) in [6, 6.07) is 13.0. The second-order valence-corrected chi connectivity index (χ2v) is 10.4. The predicted octanol–water partition coefficient (Wildman–Crippen LogP) is 3.20. The number of rotatable bonds is 5. The van der Waals surface area contributed by atoms with Gasteiger partial charge in [-0.05, 0) is 50.1 Å². The zero-order chi connectivity index (χ0) is 23.9. The van der Waals surface area contributed by atoms with E-state index in [2.05, 4.69) is 0 Å². The smallest absolute Gasteiger partial charge is 0.296 e. The number of carbonyl (C=O) groups is 1. The van der Waals surface area contributed by atoms with Crippen LogP contribution >= 0.6 is 11.6 Å². The zero-order valence-electron chi connectivity index (χ0n) is 18.7. The van der Waals surface area contributed by atoms with E-state index in [0.29, 0.717) is 24.5 Å². The summed E-state index contributed by atoms with van der Waals surface area (Å²) in [5.74, 6) is -0.292. The van der Waals surface area contributed by atoms with E-state index in [0.717, 1.165) is 17.1 Å². The van der Waals surface area contributed by atoms with Gasteiger partial charge in [0.05, 0.1) is 26.9 Å². The maximum absolute atomic E-state index is 13.5. The first-order valence-electron chi connectivity index (χ1n) is 10.6. The molecular weight excluding hydrogens is 464 g/mol. The minimum atomic E-state index is -4.14. The van der Waals surface area contributed by atoms with Crippen LogP contribution in [0.15, 0.2) is 58.2 Å². The highest BCUT2D eigenvalue weighted by molar-refractivity contribution is 7.92. The highest BCUT2D eigenvalue weighted by Gasteiger charge is 2.30. The number of anilines is 1. The van der Waals surface area contributed by atoms with Crippen molar-refractivity contribution < 1.29 is 13.2 Å². The largest absolute Gasteiger partial charge is 0.339 e. The molecule has 2 heterocycles. The monoisotopic (exact) mass is 488 g/mol. The number of aromatic nitrogens is 2. The number of sulfonamides is 1. The van der Waals surface area contributed by atoms with Gasteiger partial charge in [-0.2, -0.15) is 0 Å². The molecular formula is C23H25ClN4O4S. The zero-order valence-corrected chi connectivity index (χ0v) is 20.2. The molecule has 3 aromatic rings. The number of hydrogen-bond donors (Lipinski definition) is 0. The van der Waals surface area contributed by atoms with Crippen LogP contribution in [0, 0.1) is 6.92 Å². The fraction of sp³-hybridized carbons (Fsp3) is 0.304. The molecule has 0 radical (unpaired) electrons. The molecule has 0 aliphatic carbocycles. The van der Waals surface area contributed by atoms with Gasteiger partial charge in [-0.15, -0.1) is 0 Å². The summed E-state index contributed by atoms with van der Waals surface area (Å²) < 4.78 is 31.0. The number of para-hydroxylation sites is 1. The maximum Gasteiger partial charge on any atom is 0.296 e. The Morgan fingerprint density at radius 3 is 2.33 bits per heavy atom. The number of likely N-dealkylation sites (tertiary alicyclic amines) is 1. The van der Waals surface area contributed by atoms with Gasteiger partial charge in [0.2, 0.25) is 0 Å². The van der Waals surface area contributed by atoms with Crippen molar-refractivity contribution in [1.29, 1.82) is 0 Å². The van der Waals surface area contributed by atoms with Crippen molar-refractivity contribution in [2.45, 2.75) is 24.7 Å². The van der Waals surface area contributed by atoms with Crippen LogP contribution in [0.25, 0.3) is 5.69 Å². The van der Waals surface area contributed by atoms with E-state index < -0.39 is 15.6 Å². The average molecular weight is 489 g/mol. The van der Waals surface area contributed by atoms with Crippen LogP contribution in [0.1, 0.15) is 28.9 Å². The number of hydrogen-bond acceptors (Lipinski definition) is 4. The number of carbonyl (C=O) groups excluding carboxylic acids is 1. The number of benzene rings is 2. The highest BCUT2D eigenvalue weighted by atomic mass is 35.5. The predicted molar refractivity (Wildman–Crippen MR) is 128 cm³/mol. The average Bonchev–Trinajstić information content (AvgIpc) is 3.41. The second kappa shape index (κ2) is 8.72. The third-order valence-corrected chi connectivity index (χ3v) is 8.14. The lowest BCUT2D eigenvalue weighted by Gasteiger charge is -2.20. The van der Waals surface area contributed by atoms with Crippen molar-refractivity contribution in [3.05, 3.63) is 75.2 Å². The molecule has 174 valence electrons. The first-order chi connectivity index (χ1) is 15.6. The molecule has 8 nitrogen and oxygen atoms in total. The molecule has 1 aromatic heterocycles. The molecule has 0 unspecified atom stereocenters. The van der Waals surface area contributed by atoms with Crippen LogP contribution in [0.4, 0.5) is 5.69 Å². The number of nitrogens with zero attached hydrogens (tertiary/aromatic N) is 4. The van der Waals surface area contributed by atoms with Crippen LogP contribution in [0.2, 0.25) is 5.02 Å². The standard InChI is InChI=1S/C23H25ClN4O4S/c1-16-21(23(30)28(25(16)2)17-9-5-4-6-10-17)26(3)33(31,32)18-11-12-20(24)19(15-18)22(29)27-13-7-8-14-27/h4-6,9-12,15H,7-8,13-14H2,1-3H3. The molecule has 0 saturated carbocycles. The molecule has 1 saturated heterocycles. The van der Waals surface area contributed by atoms with Gasteiger partial charge in [0.25, 0.3) is 21.5 Å². The topological polar surface area (TPSA) is 84.6 Å². The summed E-state index contributed by atoms with van der Waals surface area (Å²) in [6.07, 6.45) is 1.82. The Morgan fingerprint density at radius 2 is 1.70 bits per heavy atom. The maximum atomic E-state index is 13.5. The van der Waals surface area contributed by atoms with Gasteiger partial charge in [0.1, 0.15) is 5.69 Å². The normalized spacial score (nSPS) is 14.0. The van der Waals surface area contributed by atoms with Gasteiger partial charge >= 0.3 is 0 Å². The van der Waals surface area contributed by atoms with E-state index in [9.17, 15) is 18.0 Å². The number of halogens is 1. The molecule has 2 aromatic carbocycles. The second-order valence-electron chi connectivity index (χ2n) is 8.02. The third kappa shape index (κ3) is 3.95. The van der Waals surface area contributed by atoms with E-state index in [-0.39, 0.29) is 27.1 Å². The summed E-state index contributed by atoms with van der Waals surface area (Å²) >= 11 is 6.25. The quantitative estimate of drug-likeness (QED) is 0.552. The lowest BCUT2D eigenvalue weighted by molar-refractivity contribution is 0.0792. The molecule has 4 rings (SSSR count). The van der Waals surface area contributed by atoms with E-state index in [1.807, 2.05) is 6.07 Å². The lowest BCUT2D eigenvalue weighted by atomic mass is 10.2. The van der Waals surface area contributed by atoms with Crippen molar-refractivity contribution in [1.82, 2.24) is 14.3 Å². The van der Waals surface area contributed by atoms with Crippen molar-refractivity contribution >= 4 is 33.2 Å². The SMILES string of the molecule is Cc1c(N(C)S(=O)(=O)c2ccc(Cl)c(C(=O)N3CCCC3)c2)c(=O)n(-c2ccccc2)n1C. The Hall–Kier alpha value is -3.04. The van der Waals surface area contributed by atoms with Gasteiger partial charge in [-0.25, -0.2) is 13.1 Å². The summed E-state index contributed by atoms with van der Waals surface area (Å²) in [7, 11) is -1.11. The minimum Gasteiger partial charge on any atom is -0.339 e. The highest BCUT2D eigenvalue weighted by Crippen LogP contribution is 2.28. The van der Waals surface area contributed by atoms with Crippen LogP contribution in [0.5, 0.6) is 0 Å². The number of amides is 1. The molecule has 1 aliphatic heterocycles. The van der Waals surface area contributed by atoms with E-state index in [1.54, 1.807) is 47.8 Å². The van der Waals surface area contributed by atoms with Crippen LogP contribution in [-0.2, 0) is 17.1 Å². The Labute approximate surface area is 197 Å². The molecule has 1 aliphatic rings. The third-order valence-electron chi connectivity index (χ3n) is 6.06. The van der Waals surface area contributed by atoms with E-state index in [4.69, 9.17) is 11.6 Å². The van der Waals surface area contributed by atoms with Crippen LogP contribution in [-0.4, -0.2) is 48.7 Å². The van der Waals surface area contributed by atoms with E-state index >= 15 is 0 Å². The van der Waals surface area contributed by atoms with Crippen molar-refractivity contribution in [3.8, 4) is 5.69 Å². The fourth-order valence-electron chi connectivity index (χ4n) is 4.11. The van der Waals surface area contributed by atoms with Crippen molar-refractivity contribution in [3.63, 3.8) is 0 Å². The molecule has 0 N–H and O–H groups in total. The Bertz CT molecular complexity index is 1370. The van der Waals surface area contributed by atoms with Crippen molar-refractivity contribution in [2.75, 3.05) is 24.4 Å². The van der Waals surface area contributed by atoms with Gasteiger partial charge in [0.15, 0.2) is 0 Å². The summed E-state index contributed by atoms with van der Waals surface area (Å²) in [5.41, 5.74) is 0.810. The summed E-state index contributed by atoms with van der Waals surface area (Å²) in [5, 5.41) is 0.191. The molecule has 33 heavy (non-hydrogen) atoms. The summed E-state index contributed by atoms with van der Waals surface area (Å²) in [4.78, 5) is 27.7. The Morgan fingerprint density at radius 1 is 1.06 bits per heavy atom. The van der Waals surface area contributed by atoms with Crippen LogP contribution < -0.4 is 9.86 Å². The molecule has 1 fully saturated rings. The molecule has 0 bridgehead atoms. The van der Waals surface area contributed by atoms with Gasteiger partial charge in [-0.3, -0.25) is 18.6 Å². The van der Waals surface area contributed by atoms with Crippen molar-refractivity contribution in [2.24, 2.45) is 7.05 Å². The molecule has 0 atom stereocenters. The Balaban J connectivity index is 1.77. The Kier molecular flexibility index (Phi) is 6.11. The van der Waals surface area contributed by atoms with Gasteiger partial charge < -0.3 is 4.90 Å². The first-order valence-corrected chi connectivity index (χ1v) is 12.4. The first kappa shape index (κ1) is 23.1. The molecule has 1 amide bonds. The lowest BCUT2D eigenvalue weighted by Crippen LogP contribution is -2.32. The van der Waals surface area contributed by atoms with Gasteiger partial charge in [0, 0.05) is 27.2 Å². The summed E-state index contributed by atoms with van der Waals surface area (Å²) in [6.45, 7) is 2.93. The van der Waals surface area contributed by atoms with Gasteiger partial charge in [-0.1, -0.05) is 29.8 Å². The fourth-order valence-corrected chi connectivity index (χ4v) is 5.59. The molecule has 0 spiro atoms.